The van der Waals surface area contributed by atoms with E-state index in [4.69, 9.17) is 0 Å². The summed E-state index contributed by atoms with van der Waals surface area (Å²) in [5, 5.41) is 9.13. The summed E-state index contributed by atoms with van der Waals surface area (Å²) in [6.45, 7) is 7.09. The van der Waals surface area contributed by atoms with Crippen LogP contribution in [-0.2, 0) is 10.0 Å². The van der Waals surface area contributed by atoms with E-state index in [0.29, 0.717) is 32.0 Å². The predicted molar refractivity (Wildman–Crippen MR) is 80.5 cm³/mol. The molecule has 0 saturated carbocycles. The lowest BCUT2D eigenvalue weighted by atomic mass is 10.3. The topological polar surface area (TPSA) is 86.6 Å². The molecule has 2 rings (SSSR count). The third-order valence-corrected chi connectivity index (χ3v) is 5.83. The molecule has 7 nitrogen and oxygen atoms in total. The molecule has 1 N–H and O–H groups in total. The maximum absolute atomic E-state index is 12.1. The smallest absolute Gasteiger partial charge is 0.216 e. The Morgan fingerprint density at radius 2 is 1.81 bits per heavy atom. The van der Waals surface area contributed by atoms with Crippen LogP contribution in [0.15, 0.2) is 12.3 Å². The molecule has 1 aromatic rings. The van der Waals surface area contributed by atoms with Gasteiger partial charge in [-0.1, -0.05) is 0 Å². The van der Waals surface area contributed by atoms with Gasteiger partial charge in [0.2, 0.25) is 10.0 Å². The molecule has 1 aliphatic rings. The van der Waals surface area contributed by atoms with Gasteiger partial charge in [-0.05, 0) is 26.8 Å². The lowest BCUT2D eigenvalue weighted by molar-refractivity contribution is 0.189. The Hall–Kier alpha value is -1.25. The number of aliphatic hydroxyl groups excluding tert-OH is 1. The number of aliphatic hydroxyl groups is 1. The average molecular weight is 314 g/mol. The van der Waals surface area contributed by atoms with Crippen molar-refractivity contribution in [3.05, 3.63) is 18.1 Å². The van der Waals surface area contributed by atoms with Crippen LogP contribution in [0.5, 0.6) is 0 Å². The molecule has 1 fully saturated rings. The number of anilines is 1. The summed E-state index contributed by atoms with van der Waals surface area (Å²) >= 11 is 0. The van der Waals surface area contributed by atoms with Gasteiger partial charge in [0.15, 0.2) is 5.82 Å². The molecule has 0 amide bonds. The fraction of sp³-hybridized carbons (Fsp3) is 0.692. The van der Waals surface area contributed by atoms with Gasteiger partial charge in [-0.2, -0.15) is 4.31 Å². The first-order chi connectivity index (χ1) is 9.82. The Balaban J connectivity index is 2.06. The molecule has 0 aliphatic carbocycles. The normalized spacial score (nSPS) is 19.0. The lowest BCUT2D eigenvalue weighted by Gasteiger charge is -2.35. The molecule has 1 aliphatic heterocycles. The number of hydrogen-bond donors (Lipinski definition) is 1. The van der Waals surface area contributed by atoms with E-state index in [-0.39, 0.29) is 0 Å². The molecule has 0 bridgehead atoms. The number of rotatable bonds is 4. The predicted octanol–water partition coefficient (Wildman–Crippen LogP) is 0.390. The molecule has 8 heteroatoms. The van der Waals surface area contributed by atoms with E-state index >= 15 is 0 Å². The fourth-order valence-electron chi connectivity index (χ4n) is 2.21. The lowest BCUT2D eigenvalue weighted by Crippen LogP contribution is -2.50. The molecule has 118 valence electrons. The van der Waals surface area contributed by atoms with Crippen LogP contribution in [0.4, 0.5) is 5.82 Å². The van der Waals surface area contributed by atoms with Crippen LogP contribution < -0.4 is 4.90 Å². The van der Waals surface area contributed by atoms with Crippen LogP contribution in [0.3, 0.4) is 0 Å². The molecule has 2 heterocycles. The van der Waals surface area contributed by atoms with Gasteiger partial charge in [0, 0.05) is 32.4 Å². The zero-order chi connectivity index (χ0) is 15.6. The van der Waals surface area contributed by atoms with Crippen molar-refractivity contribution in [2.75, 3.05) is 31.1 Å². The first kappa shape index (κ1) is 16.1. The number of hydrogen-bond acceptors (Lipinski definition) is 6. The van der Waals surface area contributed by atoms with Crippen molar-refractivity contribution in [2.45, 2.75) is 32.1 Å². The van der Waals surface area contributed by atoms with Crippen molar-refractivity contribution in [1.29, 1.82) is 0 Å². The summed E-state index contributed by atoms with van der Waals surface area (Å²) in [6.07, 6.45) is 0.897. The van der Waals surface area contributed by atoms with E-state index in [9.17, 15) is 13.5 Å². The summed E-state index contributed by atoms with van der Waals surface area (Å²) in [5.74, 6) is 1.10. The summed E-state index contributed by atoms with van der Waals surface area (Å²) in [6, 6.07) is 1.78. The van der Waals surface area contributed by atoms with Crippen molar-refractivity contribution >= 4 is 15.8 Å². The highest BCUT2D eigenvalue weighted by Gasteiger charge is 2.29. The molecule has 1 atom stereocenters. The third kappa shape index (κ3) is 3.50. The highest BCUT2D eigenvalue weighted by atomic mass is 32.2. The van der Waals surface area contributed by atoms with Crippen LogP contribution in [0.1, 0.15) is 32.7 Å². The van der Waals surface area contributed by atoms with Crippen molar-refractivity contribution in [3.63, 3.8) is 0 Å². The highest BCUT2D eigenvalue weighted by Crippen LogP contribution is 2.18. The maximum atomic E-state index is 12.1. The van der Waals surface area contributed by atoms with Gasteiger partial charge in [-0.25, -0.2) is 18.4 Å². The van der Waals surface area contributed by atoms with Gasteiger partial charge >= 0.3 is 0 Å². The average Bonchev–Trinajstić information content (AvgIpc) is 2.47. The number of sulfonamides is 1. The van der Waals surface area contributed by atoms with E-state index in [1.807, 2.05) is 4.90 Å². The molecule has 0 spiro atoms. The molecule has 1 aromatic heterocycles. The second kappa shape index (κ2) is 6.25. The van der Waals surface area contributed by atoms with Crippen molar-refractivity contribution < 1.29 is 13.5 Å². The zero-order valence-electron chi connectivity index (χ0n) is 12.6. The Kier molecular flexibility index (Phi) is 4.80. The first-order valence-electron chi connectivity index (χ1n) is 7.07. The number of piperazine rings is 1. The van der Waals surface area contributed by atoms with Gasteiger partial charge in [0.25, 0.3) is 0 Å². The van der Waals surface area contributed by atoms with Crippen LogP contribution in [-0.4, -0.2) is 59.2 Å². The van der Waals surface area contributed by atoms with Crippen LogP contribution in [0.25, 0.3) is 0 Å². The Bertz CT molecular complexity index is 581. The van der Waals surface area contributed by atoms with Gasteiger partial charge in [0.05, 0.1) is 5.25 Å². The fourth-order valence-corrected chi connectivity index (χ4v) is 3.48. The quantitative estimate of drug-likeness (QED) is 0.865. The second-order valence-electron chi connectivity index (χ2n) is 5.43. The monoisotopic (exact) mass is 314 g/mol. The van der Waals surface area contributed by atoms with Crippen molar-refractivity contribution in [2.24, 2.45) is 0 Å². The summed E-state index contributed by atoms with van der Waals surface area (Å²) in [4.78, 5) is 10.3. The van der Waals surface area contributed by atoms with Gasteiger partial charge in [-0.15, -0.1) is 0 Å². The van der Waals surface area contributed by atoms with E-state index in [2.05, 4.69) is 9.97 Å². The van der Waals surface area contributed by atoms with E-state index in [0.717, 1.165) is 5.82 Å². The standard InChI is InChI=1S/C13H22N4O3S/c1-10(2)21(19,20)17-8-6-16(7-9-17)12-4-5-14-13(15-12)11(3)18/h4-5,10-11,18H,6-9H2,1-3H3/t11-/m1/s1. The zero-order valence-corrected chi connectivity index (χ0v) is 13.4. The Morgan fingerprint density at radius 3 is 2.33 bits per heavy atom. The van der Waals surface area contributed by atoms with Gasteiger partial charge < -0.3 is 10.0 Å². The molecule has 1 saturated heterocycles. The van der Waals surface area contributed by atoms with E-state index in [1.54, 1.807) is 33.0 Å². The molecule has 0 aromatic carbocycles. The van der Waals surface area contributed by atoms with E-state index < -0.39 is 21.4 Å². The third-order valence-electron chi connectivity index (χ3n) is 3.55. The highest BCUT2D eigenvalue weighted by molar-refractivity contribution is 7.89. The number of nitrogens with zero attached hydrogens (tertiary/aromatic N) is 4. The second-order valence-corrected chi connectivity index (χ2v) is 7.92. The maximum Gasteiger partial charge on any atom is 0.216 e. The minimum absolute atomic E-state index is 0.379. The Labute approximate surface area is 125 Å². The van der Waals surface area contributed by atoms with Gasteiger partial charge in [0.1, 0.15) is 11.9 Å². The minimum Gasteiger partial charge on any atom is -0.385 e. The van der Waals surface area contributed by atoms with Crippen molar-refractivity contribution in [3.8, 4) is 0 Å². The largest absolute Gasteiger partial charge is 0.385 e. The van der Waals surface area contributed by atoms with Crippen LogP contribution in [0, 0.1) is 0 Å². The summed E-state index contributed by atoms with van der Waals surface area (Å²) < 4.78 is 25.8. The summed E-state index contributed by atoms with van der Waals surface area (Å²) in [5.41, 5.74) is 0. The molecule has 21 heavy (non-hydrogen) atoms. The summed E-state index contributed by atoms with van der Waals surface area (Å²) in [7, 11) is -3.19. The van der Waals surface area contributed by atoms with Gasteiger partial charge in [-0.3, -0.25) is 0 Å². The minimum atomic E-state index is -3.19. The molecular weight excluding hydrogens is 292 g/mol. The molecular formula is C13H22N4O3S. The van der Waals surface area contributed by atoms with Crippen molar-refractivity contribution in [1.82, 2.24) is 14.3 Å². The molecule has 0 unspecified atom stereocenters. The van der Waals surface area contributed by atoms with Crippen LogP contribution in [0.2, 0.25) is 0 Å². The van der Waals surface area contributed by atoms with Crippen LogP contribution >= 0.6 is 0 Å². The molecule has 0 radical (unpaired) electrons. The Morgan fingerprint density at radius 1 is 1.19 bits per heavy atom. The SMILES string of the molecule is CC(C)S(=O)(=O)N1CCN(c2ccnc([C@@H](C)O)n2)CC1. The number of aromatic nitrogens is 2. The first-order valence-corrected chi connectivity index (χ1v) is 8.57. The van der Waals surface area contributed by atoms with E-state index in [1.165, 1.54) is 4.31 Å².